The van der Waals surface area contributed by atoms with Gasteiger partial charge >= 0.3 is 0 Å². The van der Waals surface area contributed by atoms with Gasteiger partial charge in [-0.25, -0.2) is 0 Å². The van der Waals surface area contributed by atoms with Crippen LogP contribution in [-0.4, -0.2) is 59.5 Å². The van der Waals surface area contributed by atoms with Crippen molar-refractivity contribution in [1.82, 2.24) is 0 Å². The molecule has 0 saturated carbocycles. The Bertz CT molecular complexity index is 674. The Kier molecular flexibility index (Phi) is 11.6. The lowest BCUT2D eigenvalue weighted by molar-refractivity contribution is 0.322. The van der Waals surface area contributed by atoms with E-state index in [-0.39, 0.29) is 24.2 Å². The molecule has 0 saturated heterocycles. The smallest absolute Gasteiger partial charge is 0.230 e. The highest BCUT2D eigenvalue weighted by Crippen LogP contribution is 2.23. The van der Waals surface area contributed by atoms with Gasteiger partial charge < -0.3 is 23.9 Å². The molecule has 0 aromatic carbocycles. The first-order chi connectivity index (χ1) is 12.7. The summed E-state index contributed by atoms with van der Waals surface area (Å²) in [7, 11) is 0. The van der Waals surface area contributed by atoms with Gasteiger partial charge in [0.2, 0.25) is 11.0 Å². The summed E-state index contributed by atoms with van der Waals surface area (Å²) in [6.45, 7) is 7.60. The zero-order valence-electron chi connectivity index (χ0n) is 15.7. The van der Waals surface area contributed by atoms with Crippen LogP contribution in [0.25, 0.3) is 11.2 Å². The molecule has 0 fully saturated rings. The number of aliphatic hydroxyl groups is 2. The van der Waals surface area contributed by atoms with Gasteiger partial charge in [-0.15, -0.1) is 0 Å². The maximum Gasteiger partial charge on any atom is 0.230 e. The zero-order chi connectivity index (χ0) is 19.4. The number of fused-ring (bicyclic) bond motifs is 1. The van der Waals surface area contributed by atoms with E-state index in [4.69, 9.17) is 19.0 Å². The molecule has 0 aliphatic heterocycles. The Labute approximate surface area is 162 Å². The van der Waals surface area contributed by atoms with E-state index in [0.29, 0.717) is 23.0 Å². The molecule has 2 N–H and O–H groups in total. The van der Waals surface area contributed by atoms with Crippen molar-refractivity contribution in [1.29, 1.82) is 0 Å². The lowest BCUT2D eigenvalue weighted by Crippen LogP contribution is -2.29. The third kappa shape index (κ3) is 6.90. The van der Waals surface area contributed by atoms with Crippen LogP contribution in [0.3, 0.4) is 0 Å². The van der Waals surface area contributed by atoms with Crippen LogP contribution in [0.1, 0.15) is 19.4 Å². The monoisotopic (exact) mass is 403 g/mol. The Hall–Kier alpha value is -1.09. The topological polar surface area (TPSA) is 87.1 Å². The normalized spacial score (nSPS) is 10.7. The second kappa shape index (κ2) is 13.1. The molecule has 0 unspecified atom stereocenters. The maximum absolute atomic E-state index is 12.2. The largest absolute Gasteiger partial charge is 0.456 e. The molecule has 2 heterocycles. The lowest BCUT2D eigenvalue weighted by Gasteiger charge is -2.22. The Morgan fingerprint density at radius 2 is 1.58 bits per heavy atom. The van der Waals surface area contributed by atoms with Gasteiger partial charge in [-0.2, -0.15) is 23.5 Å². The van der Waals surface area contributed by atoms with E-state index in [1.807, 2.05) is 25.7 Å². The highest BCUT2D eigenvalue weighted by atomic mass is 32.2. The van der Waals surface area contributed by atoms with Gasteiger partial charge in [0.15, 0.2) is 11.5 Å². The summed E-state index contributed by atoms with van der Waals surface area (Å²) in [4.78, 5) is 14.2. The van der Waals surface area contributed by atoms with Crippen LogP contribution in [0.15, 0.2) is 26.0 Å². The van der Waals surface area contributed by atoms with Crippen LogP contribution in [0.4, 0.5) is 5.88 Å². The van der Waals surface area contributed by atoms with Gasteiger partial charge in [0.25, 0.3) is 0 Å². The van der Waals surface area contributed by atoms with Gasteiger partial charge in [-0.05, 0) is 6.92 Å². The fourth-order valence-corrected chi connectivity index (χ4v) is 3.58. The first kappa shape index (κ1) is 23.0. The van der Waals surface area contributed by atoms with Crippen LogP contribution in [0.5, 0.6) is 0 Å². The summed E-state index contributed by atoms with van der Waals surface area (Å²) in [5, 5.41) is 17.8. The number of rotatable bonds is 11. The lowest BCUT2D eigenvalue weighted by atomic mass is 10.3. The third-order valence-electron chi connectivity index (χ3n) is 3.40. The van der Waals surface area contributed by atoms with Gasteiger partial charge in [-0.1, -0.05) is 13.8 Å². The second-order valence-electron chi connectivity index (χ2n) is 5.18. The number of aryl methyl sites for hydroxylation is 1. The van der Waals surface area contributed by atoms with Gasteiger partial charge in [0, 0.05) is 41.7 Å². The molecule has 0 radical (unpaired) electrons. The minimum atomic E-state index is -0.185. The highest BCUT2D eigenvalue weighted by molar-refractivity contribution is 7.99. The Morgan fingerprint density at radius 1 is 1.00 bits per heavy atom. The summed E-state index contributed by atoms with van der Waals surface area (Å²) < 4.78 is 11.2. The number of furan rings is 1. The van der Waals surface area contributed by atoms with Crippen molar-refractivity contribution in [2.45, 2.75) is 20.8 Å². The summed E-state index contributed by atoms with van der Waals surface area (Å²) in [6.07, 6.45) is 1.53. The molecule has 26 heavy (non-hydrogen) atoms. The second-order valence-corrected chi connectivity index (χ2v) is 7.63. The quantitative estimate of drug-likeness (QED) is 0.554. The first-order valence-corrected chi connectivity index (χ1v) is 11.1. The van der Waals surface area contributed by atoms with Crippen molar-refractivity contribution >= 4 is 40.6 Å². The summed E-state index contributed by atoms with van der Waals surface area (Å²) in [5.74, 6) is 3.58. The number of nitrogens with zero attached hydrogens (tertiary/aromatic N) is 1. The number of anilines is 1. The molecule has 0 amide bonds. The number of aliphatic hydroxyl groups excluding tert-OH is 2. The molecule has 2 rings (SSSR count). The van der Waals surface area contributed by atoms with Crippen LogP contribution >= 0.6 is 23.5 Å². The van der Waals surface area contributed by atoms with E-state index in [9.17, 15) is 4.79 Å². The maximum atomic E-state index is 12.2. The molecule has 2 aromatic heterocycles. The van der Waals surface area contributed by atoms with E-state index < -0.39 is 0 Å². The average molecular weight is 404 g/mol. The Balaban J connectivity index is 0.00000163. The number of thioether (sulfide) groups is 2. The van der Waals surface area contributed by atoms with Gasteiger partial charge in [-0.3, -0.25) is 4.79 Å². The van der Waals surface area contributed by atoms with Crippen molar-refractivity contribution in [3.63, 3.8) is 0 Å². The first-order valence-electron chi connectivity index (χ1n) is 8.81. The fourth-order valence-electron chi connectivity index (χ4n) is 2.21. The van der Waals surface area contributed by atoms with E-state index in [0.717, 1.165) is 30.2 Å². The van der Waals surface area contributed by atoms with Crippen molar-refractivity contribution in [2.24, 2.45) is 0 Å². The fraction of sp³-hybridized carbons (Fsp3) is 0.611. The molecule has 0 bridgehead atoms. The Morgan fingerprint density at radius 3 is 2.12 bits per heavy atom. The SMILES string of the molecule is CC.Cc1coc2c(=O)cc(N(CCSCCO)CCSCCO)oc12. The van der Waals surface area contributed by atoms with E-state index in [1.165, 1.54) is 12.3 Å². The third-order valence-corrected chi connectivity index (χ3v) is 5.28. The van der Waals surface area contributed by atoms with Crippen LogP contribution in [0.2, 0.25) is 0 Å². The molecule has 0 aliphatic rings. The predicted octanol–water partition coefficient (Wildman–Crippen LogP) is 2.98. The number of hydrogen-bond donors (Lipinski definition) is 2. The molecule has 148 valence electrons. The van der Waals surface area contributed by atoms with Crippen molar-refractivity contribution in [2.75, 3.05) is 54.2 Å². The average Bonchev–Trinajstić information content (AvgIpc) is 3.03. The molecule has 0 atom stereocenters. The number of hydrogen-bond acceptors (Lipinski definition) is 8. The summed E-state index contributed by atoms with van der Waals surface area (Å²) in [6, 6.07) is 1.47. The molecule has 0 aliphatic carbocycles. The molecule has 2 aromatic rings. The highest BCUT2D eigenvalue weighted by Gasteiger charge is 2.15. The minimum Gasteiger partial charge on any atom is -0.456 e. The van der Waals surface area contributed by atoms with Crippen molar-refractivity contribution in [3.8, 4) is 0 Å². The van der Waals surface area contributed by atoms with Crippen LogP contribution in [-0.2, 0) is 0 Å². The van der Waals surface area contributed by atoms with Crippen molar-refractivity contribution in [3.05, 3.63) is 28.1 Å². The predicted molar refractivity (Wildman–Crippen MR) is 112 cm³/mol. The van der Waals surface area contributed by atoms with Crippen LogP contribution in [0, 0.1) is 6.92 Å². The standard InChI is InChI=1S/C16H23NO5S2.C2H6/c1-12-11-21-16-13(20)10-14(22-15(12)16)17(2-6-23-8-4-18)3-7-24-9-5-19;1-2/h10-11,18-19H,2-9H2,1H3;1-2H3. The van der Waals surface area contributed by atoms with E-state index in [2.05, 4.69) is 0 Å². The molecular formula is C18H29NO5S2. The molecular weight excluding hydrogens is 374 g/mol. The summed E-state index contributed by atoms with van der Waals surface area (Å²) >= 11 is 3.31. The van der Waals surface area contributed by atoms with Crippen molar-refractivity contribution < 1.29 is 19.0 Å². The van der Waals surface area contributed by atoms with Gasteiger partial charge in [0.05, 0.1) is 25.5 Å². The zero-order valence-corrected chi connectivity index (χ0v) is 17.3. The van der Waals surface area contributed by atoms with Gasteiger partial charge in [0.1, 0.15) is 0 Å². The molecule has 0 spiro atoms. The van der Waals surface area contributed by atoms with E-state index in [1.54, 1.807) is 23.5 Å². The van der Waals surface area contributed by atoms with E-state index >= 15 is 0 Å². The minimum absolute atomic E-state index is 0.159. The molecule has 6 nitrogen and oxygen atoms in total. The van der Waals surface area contributed by atoms with Crippen LogP contribution < -0.4 is 10.3 Å². The molecule has 8 heteroatoms. The summed E-state index contributed by atoms with van der Waals surface area (Å²) in [5.41, 5.74) is 1.36.